The van der Waals surface area contributed by atoms with Crippen LogP contribution in [-0.2, 0) is 9.59 Å². The van der Waals surface area contributed by atoms with E-state index in [0.29, 0.717) is 11.4 Å². The van der Waals surface area contributed by atoms with E-state index in [1.807, 2.05) is 6.07 Å². The van der Waals surface area contributed by atoms with Crippen molar-refractivity contribution in [1.82, 2.24) is 5.32 Å². The molecule has 1 aliphatic heterocycles. The van der Waals surface area contributed by atoms with E-state index >= 15 is 0 Å². The molecule has 5 nitrogen and oxygen atoms in total. The Balaban J connectivity index is 2.21. The number of hydrogen-bond donors (Lipinski definition) is 1. The van der Waals surface area contributed by atoms with Gasteiger partial charge in [0.05, 0.1) is 12.2 Å². The van der Waals surface area contributed by atoms with Crippen LogP contribution in [0, 0.1) is 12.3 Å². The third-order valence-corrected chi connectivity index (χ3v) is 2.76. The van der Waals surface area contributed by atoms with Crippen LogP contribution in [0.4, 0.5) is 5.69 Å². The van der Waals surface area contributed by atoms with Gasteiger partial charge in [-0.2, -0.15) is 0 Å². The Bertz CT molecular complexity index is 548. The Morgan fingerprint density at radius 2 is 2.26 bits per heavy atom. The van der Waals surface area contributed by atoms with Gasteiger partial charge in [0, 0.05) is 0 Å². The van der Waals surface area contributed by atoms with E-state index in [1.54, 1.807) is 25.1 Å². The number of para-hydroxylation sites is 2. The lowest BCUT2D eigenvalue weighted by Gasteiger charge is -2.32. The first kappa shape index (κ1) is 13.0. The maximum Gasteiger partial charge on any atom is 0.268 e. The van der Waals surface area contributed by atoms with Gasteiger partial charge in [-0.1, -0.05) is 18.1 Å². The van der Waals surface area contributed by atoms with Crippen molar-refractivity contribution in [3.63, 3.8) is 0 Å². The Kier molecular flexibility index (Phi) is 3.71. The number of amides is 2. The minimum Gasteiger partial charge on any atom is -0.479 e. The molecule has 0 spiro atoms. The Hall–Kier alpha value is -2.48. The number of rotatable bonds is 3. The zero-order valence-electron chi connectivity index (χ0n) is 10.6. The van der Waals surface area contributed by atoms with Crippen molar-refractivity contribution in [3.05, 3.63) is 24.3 Å². The first-order valence-corrected chi connectivity index (χ1v) is 5.90. The lowest BCUT2D eigenvalue weighted by atomic mass is 10.2. The quantitative estimate of drug-likeness (QED) is 0.805. The summed E-state index contributed by atoms with van der Waals surface area (Å²) in [5, 5.41) is 2.54. The number of hydrogen-bond acceptors (Lipinski definition) is 3. The fourth-order valence-corrected chi connectivity index (χ4v) is 1.87. The second-order valence-corrected chi connectivity index (χ2v) is 4.13. The number of benzene rings is 1. The van der Waals surface area contributed by atoms with Crippen LogP contribution in [-0.4, -0.2) is 31.0 Å². The van der Waals surface area contributed by atoms with Gasteiger partial charge in [0.25, 0.3) is 5.91 Å². The fourth-order valence-electron chi connectivity index (χ4n) is 1.87. The number of carbonyl (C=O) groups is 2. The van der Waals surface area contributed by atoms with Crippen LogP contribution >= 0.6 is 0 Å². The lowest BCUT2D eigenvalue weighted by molar-refractivity contribution is -0.128. The minimum absolute atomic E-state index is 0.0643. The van der Waals surface area contributed by atoms with Gasteiger partial charge in [0.1, 0.15) is 12.3 Å². The topological polar surface area (TPSA) is 58.6 Å². The van der Waals surface area contributed by atoms with E-state index < -0.39 is 6.10 Å². The Morgan fingerprint density at radius 1 is 1.53 bits per heavy atom. The smallest absolute Gasteiger partial charge is 0.268 e. The van der Waals surface area contributed by atoms with Gasteiger partial charge in [-0.3, -0.25) is 14.5 Å². The van der Waals surface area contributed by atoms with Crippen LogP contribution in [0.5, 0.6) is 5.75 Å². The molecule has 0 radical (unpaired) electrons. The van der Waals surface area contributed by atoms with E-state index in [4.69, 9.17) is 11.2 Å². The molecular formula is C14H14N2O3. The van der Waals surface area contributed by atoms with Crippen LogP contribution in [0.15, 0.2) is 24.3 Å². The van der Waals surface area contributed by atoms with Crippen molar-refractivity contribution in [1.29, 1.82) is 0 Å². The molecule has 0 aromatic heterocycles. The van der Waals surface area contributed by atoms with E-state index in [2.05, 4.69) is 11.2 Å². The van der Waals surface area contributed by atoms with Gasteiger partial charge >= 0.3 is 0 Å². The number of fused-ring (bicyclic) bond motifs is 1. The van der Waals surface area contributed by atoms with Crippen molar-refractivity contribution in [2.45, 2.75) is 13.0 Å². The van der Waals surface area contributed by atoms with Gasteiger partial charge in [0.15, 0.2) is 6.10 Å². The van der Waals surface area contributed by atoms with Gasteiger partial charge in [-0.15, -0.1) is 6.42 Å². The molecule has 2 amide bonds. The molecular weight excluding hydrogens is 244 g/mol. The summed E-state index contributed by atoms with van der Waals surface area (Å²) in [7, 11) is 0. The van der Waals surface area contributed by atoms with E-state index in [0.717, 1.165) is 0 Å². The summed E-state index contributed by atoms with van der Waals surface area (Å²) in [6.07, 6.45) is 4.47. The molecule has 98 valence electrons. The summed E-state index contributed by atoms with van der Waals surface area (Å²) in [6.45, 7) is 1.74. The standard InChI is InChI=1S/C14H14N2O3/c1-3-8-15-13(17)9-16-11-6-4-5-7-12(11)19-10(2)14(16)18/h1,4-7,10H,8-9H2,2H3,(H,15,17)/t10-/m0/s1. The van der Waals surface area contributed by atoms with Crippen molar-refractivity contribution in [2.75, 3.05) is 18.0 Å². The molecule has 1 atom stereocenters. The summed E-state index contributed by atoms with van der Waals surface area (Å²) >= 11 is 0. The normalized spacial score (nSPS) is 17.2. The maximum atomic E-state index is 12.1. The summed E-state index contributed by atoms with van der Waals surface area (Å²) in [4.78, 5) is 25.2. The molecule has 2 rings (SSSR count). The van der Waals surface area contributed by atoms with Crippen LogP contribution in [0.25, 0.3) is 0 Å². The first-order valence-electron chi connectivity index (χ1n) is 5.90. The highest BCUT2D eigenvalue weighted by Gasteiger charge is 2.32. The zero-order chi connectivity index (χ0) is 13.8. The zero-order valence-corrected chi connectivity index (χ0v) is 10.6. The molecule has 0 aliphatic carbocycles. The molecule has 1 heterocycles. The van der Waals surface area contributed by atoms with Crippen LogP contribution < -0.4 is 15.0 Å². The highest BCUT2D eigenvalue weighted by atomic mass is 16.5. The molecule has 0 fully saturated rings. The first-order chi connectivity index (χ1) is 9.13. The Labute approximate surface area is 111 Å². The van der Waals surface area contributed by atoms with Gasteiger partial charge in [-0.25, -0.2) is 0 Å². The van der Waals surface area contributed by atoms with Crippen molar-refractivity contribution in [3.8, 4) is 18.1 Å². The molecule has 0 saturated heterocycles. The SMILES string of the molecule is C#CCNC(=O)CN1C(=O)[C@H](C)Oc2ccccc21. The molecule has 0 unspecified atom stereocenters. The van der Waals surface area contributed by atoms with Crippen LogP contribution in [0.1, 0.15) is 6.92 Å². The second kappa shape index (κ2) is 5.44. The van der Waals surface area contributed by atoms with Gasteiger partial charge < -0.3 is 10.1 Å². The van der Waals surface area contributed by atoms with Gasteiger partial charge in [0.2, 0.25) is 5.91 Å². The average Bonchev–Trinajstić information content (AvgIpc) is 2.41. The third kappa shape index (κ3) is 2.68. The Morgan fingerprint density at radius 3 is 3.00 bits per heavy atom. The van der Waals surface area contributed by atoms with Crippen molar-refractivity contribution >= 4 is 17.5 Å². The predicted octanol–water partition coefficient (Wildman–Crippen LogP) is 0.550. The molecule has 1 aromatic carbocycles. The fraction of sp³-hybridized carbons (Fsp3) is 0.286. The number of anilines is 1. The summed E-state index contributed by atoms with van der Waals surface area (Å²) in [6, 6.07) is 7.12. The highest BCUT2D eigenvalue weighted by Crippen LogP contribution is 2.33. The summed E-state index contributed by atoms with van der Waals surface area (Å²) < 4.78 is 5.48. The third-order valence-electron chi connectivity index (χ3n) is 2.76. The molecule has 0 saturated carbocycles. The number of nitrogens with zero attached hydrogens (tertiary/aromatic N) is 1. The van der Waals surface area contributed by atoms with Crippen molar-refractivity contribution in [2.24, 2.45) is 0 Å². The van der Waals surface area contributed by atoms with Crippen molar-refractivity contribution < 1.29 is 14.3 Å². The van der Waals surface area contributed by atoms with E-state index in [1.165, 1.54) is 4.90 Å². The minimum atomic E-state index is -0.602. The molecule has 19 heavy (non-hydrogen) atoms. The maximum absolute atomic E-state index is 12.1. The predicted molar refractivity (Wildman–Crippen MR) is 70.7 cm³/mol. The number of nitrogens with one attached hydrogen (secondary N) is 1. The number of terminal acetylenes is 1. The summed E-state index contributed by atoms with van der Waals surface area (Å²) in [5.74, 6) is 2.37. The second-order valence-electron chi connectivity index (χ2n) is 4.13. The van der Waals surface area contributed by atoms with Gasteiger partial charge in [-0.05, 0) is 19.1 Å². The van der Waals surface area contributed by atoms with Crippen LogP contribution in [0.2, 0.25) is 0 Å². The van der Waals surface area contributed by atoms with Crippen LogP contribution in [0.3, 0.4) is 0 Å². The molecule has 0 bridgehead atoms. The lowest BCUT2D eigenvalue weighted by Crippen LogP contribution is -2.48. The molecule has 1 aromatic rings. The average molecular weight is 258 g/mol. The molecule has 5 heteroatoms. The van der Waals surface area contributed by atoms with E-state index in [-0.39, 0.29) is 24.9 Å². The van der Waals surface area contributed by atoms with E-state index in [9.17, 15) is 9.59 Å². The number of ether oxygens (including phenoxy) is 1. The number of carbonyl (C=O) groups excluding carboxylic acids is 2. The highest BCUT2D eigenvalue weighted by molar-refractivity contribution is 6.03. The molecule has 1 N–H and O–H groups in total. The summed E-state index contributed by atoms with van der Waals surface area (Å²) in [5.41, 5.74) is 0.599. The largest absolute Gasteiger partial charge is 0.479 e. The molecule has 1 aliphatic rings. The monoisotopic (exact) mass is 258 g/mol.